The molecule has 2 N–H and O–H groups in total. The van der Waals surface area contributed by atoms with Gasteiger partial charge in [-0.15, -0.1) is 0 Å². The van der Waals surface area contributed by atoms with Crippen LogP contribution in [0.1, 0.15) is 24.8 Å². The molecule has 2 rings (SSSR count). The Balaban J connectivity index is 1.69. The largest absolute Gasteiger partial charge is 0.497 e. The van der Waals surface area contributed by atoms with Gasteiger partial charge in [-0.1, -0.05) is 12.1 Å². The van der Waals surface area contributed by atoms with Crippen molar-refractivity contribution in [3.05, 3.63) is 29.8 Å². The third-order valence-corrected chi connectivity index (χ3v) is 3.41. The first-order chi connectivity index (χ1) is 9.69. The second-order valence-corrected chi connectivity index (χ2v) is 4.90. The van der Waals surface area contributed by atoms with Gasteiger partial charge in [0.2, 0.25) is 11.8 Å². The summed E-state index contributed by atoms with van der Waals surface area (Å²) in [7, 11) is 1.64. The minimum atomic E-state index is -0.344. The summed E-state index contributed by atoms with van der Waals surface area (Å²) in [6, 6.07) is 7.49. The molecule has 2 amide bonds. The Labute approximate surface area is 118 Å². The van der Waals surface area contributed by atoms with Gasteiger partial charge in [0.25, 0.3) is 0 Å². The van der Waals surface area contributed by atoms with Gasteiger partial charge < -0.3 is 15.4 Å². The lowest BCUT2D eigenvalue weighted by atomic mass is 10.1. The lowest BCUT2D eigenvalue weighted by Crippen LogP contribution is -2.40. The van der Waals surface area contributed by atoms with Gasteiger partial charge in [0.15, 0.2) is 0 Å². The molecule has 1 aromatic carbocycles. The molecule has 1 fully saturated rings. The van der Waals surface area contributed by atoms with Crippen LogP contribution < -0.4 is 15.4 Å². The van der Waals surface area contributed by atoms with E-state index >= 15 is 0 Å². The van der Waals surface area contributed by atoms with Crippen LogP contribution in [-0.2, 0) is 16.0 Å². The fraction of sp³-hybridized carbons (Fsp3) is 0.467. The van der Waals surface area contributed by atoms with Crippen LogP contribution in [0.2, 0.25) is 0 Å². The zero-order valence-electron chi connectivity index (χ0n) is 11.6. The summed E-state index contributed by atoms with van der Waals surface area (Å²) in [5.41, 5.74) is 1.18. The van der Waals surface area contributed by atoms with E-state index in [0.29, 0.717) is 19.4 Å². The lowest BCUT2D eigenvalue weighted by molar-refractivity contribution is -0.127. The highest BCUT2D eigenvalue weighted by Gasteiger charge is 2.24. The molecule has 1 saturated heterocycles. The summed E-state index contributed by atoms with van der Waals surface area (Å²) in [5.74, 6) is 0.702. The van der Waals surface area contributed by atoms with E-state index in [2.05, 4.69) is 10.6 Å². The third kappa shape index (κ3) is 3.98. The molecule has 0 aromatic heterocycles. The first-order valence-electron chi connectivity index (χ1n) is 6.89. The van der Waals surface area contributed by atoms with E-state index in [9.17, 15) is 9.59 Å². The minimum Gasteiger partial charge on any atom is -0.497 e. The molecule has 5 heteroatoms. The smallest absolute Gasteiger partial charge is 0.242 e. The van der Waals surface area contributed by atoms with Crippen molar-refractivity contribution >= 4 is 11.8 Å². The summed E-state index contributed by atoms with van der Waals surface area (Å²) in [4.78, 5) is 23.1. The van der Waals surface area contributed by atoms with Crippen molar-refractivity contribution in [2.75, 3.05) is 13.7 Å². The highest BCUT2D eigenvalue weighted by molar-refractivity contribution is 5.88. The normalized spacial score (nSPS) is 17.6. The van der Waals surface area contributed by atoms with E-state index in [1.807, 2.05) is 24.3 Å². The van der Waals surface area contributed by atoms with Crippen molar-refractivity contribution < 1.29 is 14.3 Å². The summed E-state index contributed by atoms with van der Waals surface area (Å²) in [5, 5.41) is 5.46. The fourth-order valence-electron chi connectivity index (χ4n) is 2.24. The average Bonchev–Trinajstić information content (AvgIpc) is 2.85. The molecule has 0 saturated carbocycles. The quantitative estimate of drug-likeness (QED) is 0.815. The number of amides is 2. The Kier molecular flexibility index (Phi) is 4.98. The summed E-state index contributed by atoms with van der Waals surface area (Å²) < 4.78 is 5.09. The number of hydrogen-bond donors (Lipinski definition) is 2. The number of carbonyl (C=O) groups excluding carboxylic acids is 2. The highest BCUT2D eigenvalue weighted by Crippen LogP contribution is 2.13. The van der Waals surface area contributed by atoms with Crippen molar-refractivity contribution in [3.63, 3.8) is 0 Å². The first-order valence-corrected chi connectivity index (χ1v) is 6.89. The van der Waals surface area contributed by atoms with Crippen LogP contribution >= 0.6 is 0 Å². The maximum atomic E-state index is 11.7. The first kappa shape index (κ1) is 14.4. The molecule has 20 heavy (non-hydrogen) atoms. The summed E-state index contributed by atoms with van der Waals surface area (Å²) in [6.45, 7) is 0.648. The predicted octanol–water partition coefficient (Wildman–Crippen LogP) is 1.02. The van der Waals surface area contributed by atoms with Crippen LogP contribution in [-0.4, -0.2) is 31.5 Å². The van der Waals surface area contributed by atoms with Gasteiger partial charge in [-0.05, 0) is 37.0 Å². The molecule has 108 valence electrons. The van der Waals surface area contributed by atoms with Crippen LogP contribution in [0.3, 0.4) is 0 Å². The van der Waals surface area contributed by atoms with Crippen LogP contribution in [0, 0.1) is 0 Å². The second-order valence-electron chi connectivity index (χ2n) is 4.90. The highest BCUT2D eigenvalue weighted by atomic mass is 16.5. The maximum Gasteiger partial charge on any atom is 0.242 e. The van der Waals surface area contributed by atoms with Crippen molar-refractivity contribution in [2.24, 2.45) is 0 Å². The number of nitrogens with one attached hydrogen (secondary N) is 2. The van der Waals surface area contributed by atoms with Crippen molar-refractivity contribution in [1.82, 2.24) is 10.6 Å². The zero-order chi connectivity index (χ0) is 14.4. The van der Waals surface area contributed by atoms with Gasteiger partial charge in [-0.25, -0.2) is 0 Å². The van der Waals surface area contributed by atoms with E-state index in [1.165, 1.54) is 5.56 Å². The van der Waals surface area contributed by atoms with Gasteiger partial charge in [0, 0.05) is 13.0 Å². The summed E-state index contributed by atoms with van der Waals surface area (Å²) in [6.07, 6.45) is 2.74. The van der Waals surface area contributed by atoms with E-state index in [0.717, 1.165) is 18.6 Å². The molecule has 1 aliphatic heterocycles. The number of ether oxygens (including phenoxy) is 1. The van der Waals surface area contributed by atoms with E-state index < -0.39 is 0 Å². The van der Waals surface area contributed by atoms with Crippen LogP contribution in [0.5, 0.6) is 5.75 Å². The Hall–Kier alpha value is -2.04. The van der Waals surface area contributed by atoms with E-state index in [4.69, 9.17) is 4.74 Å². The van der Waals surface area contributed by atoms with Crippen LogP contribution in [0.4, 0.5) is 0 Å². The number of aryl methyl sites for hydroxylation is 1. The number of benzene rings is 1. The monoisotopic (exact) mass is 276 g/mol. The lowest BCUT2D eigenvalue weighted by Gasteiger charge is -2.09. The Morgan fingerprint density at radius 2 is 2.15 bits per heavy atom. The van der Waals surface area contributed by atoms with Crippen molar-refractivity contribution in [1.29, 1.82) is 0 Å². The Morgan fingerprint density at radius 1 is 1.40 bits per heavy atom. The minimum absolute atomic E-state index is 0.0550. The maximum absolute atomic E-state index is 11.7. The molecule has 0 radical (unpaired) electrons. The van der Waals surface area contributed by atoms with E-state index in [1.54, 1.807) is 7.11 Å². The predicted molar refractivity (Wildman–Crippen MR) is 75.5 cm³/mol. The standard InChI is InChI=1S/C15H20N2O3/c1-20-12-7-5-11(6-8-12)3-2-4-14(18)17-13-9-10-16-15(13)19/h5-8,13H,2-4,9-10H2,1H3,(H,16,19)(H,17,18)/t13-/m1/s1. The fourth-order valence-corrected chi connectivity index (χ4v) is 2.24. The van der Waals surface area contributed by atoms with Crippen LogP contribution in [0.25, 0.3) is 0 Å². The molecular formula is C15H20N2O3. The molecule has 0 unspecified atom stereocenters. The van der Waals surface area contributed by atoms with E-state index in [-0.39, 0.29) is 17.9 Å². The topological polar surface area (TPSA) is 67.4 Å². The van der Waals surface area contributed by atoms with Gasteiger partial charge >= 0.3 is 0 Å². The molecule has 1 atom stereocenters. The second kappa shape index (κ2) is 6.93. The Morgan fingerprint density at radius 3 is 2.75 bits per heavy atom. The molecular weight excluding hydrogens is 256 g/mol. The molecule has 1 aliphatic rings. The van der Waals surface area contributed by atoms with Gasteiger partial charge in [-0.2, -0.15) is 0 Å². The van der Waals surface area contributed by atoms with Gasteiger partial charge in [0.05, 0.1) is 7.11 Å². The number of hydrogen-bond acceptors (Lipinski definition) is 3. The van der Waals surface area contributed by atoms with Crippen molar-refractivity contribution in [2.45, 2.75) is 31.7 Å². The molecule has 1 aromatic rings. The number of carbonyl (C=O) groups is 2. The zero-order valence-corrected chi connectivity index (χ0v) is 11.6. The van der Waals surface area contributed by atoms with Gasteiger partial charge in [0.1, 0.15) is 11.8 Å². The average molecular weight is 276 g/mol. The molecule has 1 heterocycles. The Bertz CT molecular complexity index is 471. The van der Waals surface area contributed by atoms with Crippen LogP contribution in [0.15, 0.2) is 24.3 Å². The van der Waals surface area contributed by atoms with Crippen molar-refractivity contribution in [3.8, 4) is 5.75 Å². The molecule has 0 spiro atoms. The number of rotatable bonds is 6. The SMILES string of the molecule is COc1ccc(CCCC(=O)N[C@@H]2CCNC2=O)cc1. The number of methoxy groups -OCH3 is 1. The van der Waals surface area contributed by atoms with Gasteiger partial charge in [-0.3, -0.25) is 9.59 Å². The molecule has 5 nitrogen and oxygen atoms in total. The molecule has 0 bridgehead atoms. The molecule has 0 aliphatic carbocycles. The third-order valence-electron chi connectivity index (χ3n) is 3.41. The summed E-state index contributed by atoms with van der Waals surface area (Å²) >= 11 is 0.